The third-order valence-corrected chi connectivity index (χ3v) is 5.57. The van der Waals surface area contributed by atoms with Gasteiger partial charge in [-0.2, -0.15) is 5.10 Å². The molecule has 2 aromatic heterocycles. The predicted octanol–water partition coefficient (Wildman–Crippen LogP) is 1.46. The van der Waals surface area contributed by atoms with Crippen LogP contribution in [0.3, 0.4) is 0 Å². The standard InChI is InChI=1S/C16H22N4O2S/c1-10-11(2)23-16(22)20(10)9-15(21)17-8-14-12-6-4-5-7-13(12)18-19(14)3/h4-9H2,1-3H3,(H,17,21). The second kappa shape index (κ2) is 6.31. The van der Waals surface area contributed by atoms with Gasteiger partial charge < -0.3 is 5.32 Å². The fourth-order valence-corrected chi connectivity index (χ4v) is 3.95. The number of carbonyl (C=O) groups is 1. The van der Waals surface area contributed by atoms with Gasteiger partial charge in [-0.05, 0) is 45.1 Å². The molecule has 0 bridgehead atoms. The molecule has 7 heteroatoms. The van der Waals surface area contributed by atoms with Gasteiger partial charge in [-0.1, -0.05) is 11.3 Å². The Morgan fingerprint density at radius 2 is 2.04 bits per heavy atom. The number of nitrogens with zero attached hydrogens (tertiary/aromatic N) is 3. The Bertz CT molecular complexity index is 800. The van der Waals surface area contributed by atoms with Crippen LogP contribution in [0.1, 0.15) is 40.4 Å². The number of aromatic nitrogens is 3. The molecule has 0 aromatic carbocycles. The van der Waals surface area contributed by atoms with E-state index in [1.165, 1.54) is 40.0 Å². The van der Waals surface area contributed by atoms with Crippen molar-refractivity contribution in [2.45, 2.75) is 52.6 Å². The van der Waals surface area contributed by atoms with Gasteiger partial charge in [0.15, 0.2) is 0 Å². The third-order valence-electron chi connectivity index (χ3n) is 4.58. The van der Waals surface area contributed by atoms with E-state index in [1.54, 1.807) is 0 Å². The van der Waals surface area contributed by atoms with Crippen LogP contribution in [-0.2, 0) is 37.8 Å². The number of nitrogens with one attached hydrogen (secondary N) is 1. The highest BCUT2D eigenvalue weighted by molar-refractivity contribution is 7.09. The third kappa shape index (κ3) is 3.10. The molecule has 23 heavy (non-hydrogen) atoms. The van der Waals surface area contributed by atoms with Gasteiger partial charge in [-0.3, -0.25) is 18.8 Å². The van der Waals surface area contributed by atoms with E-state index >= 15 is 0 Å². The zero-order valence-electron chi connectivity index (χ0n) is 13.8. The van der Waals surface area contributed by atoms with Gasteiger partial charge in [0.2, 0.25) is 5.91 Å². The first kappa shape index (κ1) is 16.0. The van der Waals surface area contributed by atoms with Crippen molar-refractivity contribution < 1.29 is 4.79 Å². The van der Waals surface area contributed by atoms with Crippen LogP contribution in [0, 0.1) is 13.8 Å². The quantitative estimate of drug-likeness (QED) is 0.920. The first-order valence-electron chi connectivity index (χ1n) is 7.94. The number of fused-ring (bicyclic) bond motifs is 1. The lowest BCUT2D eigenvalue weighted by atomic mass is 9.96. The van der Waals surface area contributed by atoms with Crippen LogP contribution in [0.4, 0.5) is 0 Å². The minimum absolute atomic E-state index is 0.0759. The summed E-state index contributed by atoms with van der Waals surface area (Å²) in [4.78, 5) is 25.0. The van der Waals surface area contributed by atoms with Gasteiger partial charge in [0, 0.05) is 17.6 Å². The Balaban J connectivity index is 1.68. The normalized spacial score (nSPS) is 13.9. The Labute approximate surface area is 139 Å². The molecule has 1 N–H and O–H groups in total. The molecule has 124 valence electrons. The smallest absolute Gasteiger partial charge is 0.308 e. The average Bonchev–Trinajstić information content (AvgIpc) is 2.96. The minimum atomic E-state index is -0.140. The molecule has 0 unspecified atom stereocenters. The van der Waals surface area contributed by atoms with Gasteiger partial charge in [-0.15, -0.1) is 0 Å². The number of thiazole rings is 1. The van der Waals surface area contributed by atoms with E-state index < -0.39 is 0 Å². The van der Waals surface area contributed by atoms with Crippen LogP contribution in [-0.4, -0.2) is 20.3 Å². The maximum atomic E-state index is 12.2. The fraction of sp³-hybridized carbons (Fsp3) is 0.562. The van der Waals surface area contributed by atoms with Crippen molar-refractivity contribution in [1.29, 1.82) is 0 Å². The van der Waals surface area contributed by atoms with Crippen LogP contribution in [0.25, 0.3) is 0 Å². The number of hydrogen-bond donors (Lipinski definition) is 1. The molecule has 1 amide bonds. The van der Waals surface area contributed by atoms with Crippen molar-refractivity contribution >= 4 is 17.2 Å². The Kier molecular flexibility index (Phi) is 4.39. The molecule has 0 spiro atoms. The topological polar surface area (TPSA) is 68.9 Å². The molecular weight excluding hydrogens is 312 g/mol. The van der Waals surface area contributed by atoms with Crippen molar-refractivity contribution in [3.05, 3.63) is 37.2 Å². The van der Waals surface area contributed by atoms with Crippen LogP contribution in [0.2, 0.25) is 0 Å². The summed E-state index contributed by atoms with van der Waals surface area (Å²) in [6.45, 7) is 4.32. The number of amides is 1. The van der Waals surface area contributed by atoms with E-state index in [-0.39, 0.29) is 17.3 Å². The molecule has 6 nitrogen and oxygen atoms in total. The van der Waals surface area contributed by atoms with Gasteiger partial charge in [0.1, 0.15) is 6.54 Å². The van der Waals surface area contributed by atoms with Crippen LogP contribution in [0.15, 0.2) is 4.79 Å². The molecular formula is C16H22N4O2S. The average molecular weight is 334 g/mol. The second-order valence-electron chi connectivity index (χ2n) is 6.08. The summed E-state index contributed by atoms with van der Waals surface area (Å²) in [5.41, 5.74) is 4.41. The van der Waals surface area contributed by atoms with Crippen molar-refractivity contribution in [3.63, 3.8) is 0 Å². The number of hydrogen-bond acceptors (Lipinski definition) is 4. The molecule has 0 atom stereocenters. The monoisotopic (exact) mass is 334 g/mol. The van der Waals surface area contributed by atoms with Gasteiger partial charge >= 0.3 is 4.87 Å². The molecule has 0 saturated carbocycles. The lowest BCUT2D eigenvalue weighted by molar-refractivity contribution is -0.121. The fourth-order valence-electron chi connectivity index (χ4n) is 3.12. The molecule has 1 aliphatic rings. The van der Waals surface area contributed by atoms with Crippen LogP contribution in [0.5, 0.6) is 0 Å². The molecule has 0 saturated heterocycles. The van der Waals surface area contributed by atoms with Gasteiger partial charge in [0.05, 0.1) is 17.9 Å². The largest absolute Gasteiger partial charge is 0.349 e. The summed E-state index contributed by atoms with van der Waals surface area (Å²) in [5, 5.41) is 7.49. The van der Waals surface area contributed by atoms with Crippen molar-refractivity contribution in [1.82, 2.24) is 19.7 Å². The Morgan fingerprint density at radius 3 is 2.74 bits per heavy atom. The van der Waals surface area contributed by atoms with Crippen LogP contribution >= 0.6 is 11.3 Å². The Hall–Kier alpha value is -1.89. The van der Waals surface area contributed by atoms with Crippen molar-refractivity contribution in [2.24, 2.45) is 7.05 Å². The summed E-state index contributed by atoms with van der Waals surface area (Å²) in [7, 11) is 1.93. The number of rotatable bonds is 4. The summed E-state index contributed by atoms with van der Waals surface area (Å²) in [6, 6.07) is 0. The lowest BCUT2D eigenvalue weighted by Gasteiger charge is -2.12. The first-order chi connectivity index (χ1) is 11.0. The zero-order chi connectivity index (χ0) is 16.6. The molecule has 2 heterocycles. The maximum Gasteiger partial charge on any atom is 0.308 e. The SMILES string of the molecule is Cc1sc(=O)n(CC(=O)NCc2c3c(nn2C)CCCC3)c1C. The van der Waals surface area contributed by atoms with E-state index in [2.05, 4.69) is 10.4 Å². The van der Waals surface area contributed by atoms with E-state index in [1.807, 2.05) is 25.6 Å². The van der Waals surface area contributed by atoms with Crippen LogP contribution < -0.4 is 10.2 Å². The molecule has 0 aliphatic heterocycles. The second-order valence-corrected chi connectivity index (χ2v) is 7.24. The molecule has 3 rings (SSSR count). The highest BCUT2D eigenvalue weighted by Gasteiger charge is 2.19. The highest BCUT2D eigenvalue weighted by atomic mass is 32.1. The van der Waals surface area contributed by atoms with Crippen molar-refractivity contribution in [3.8, 4) is 0 Å². The lowest BCUT2D eigenvalue weighted by Crippen LogP contribution is -2.31. The van der Waals surface area contributed by atoms with Crippen molar-refractivity contribution in [2.75, 3.05) is 0 Å². The molecule has 2 aromatic rings. The predicted molar refractivity (Wildman–Crippen MR) is 89.7 cm³/mol. The Morgan fingerprint density at radius 1 is 1.30 bits per heavy atom. The molecule has 1 aliphatic carbocycles. The molecule has 0 radical (unpaired) electrons. The summed E-state index contributed by atoms with van der Waals surface area (Å²) in [5.74, 6) is -0.140. The zero-order valence-corrected chi connectivity index (χ0v) is 14.6. The molecule has 0 fully saturated rings. The van der Waals surface area contributed by atoms with E-state index in [9.17, 15) is 9.59 Å². The summed E-state index contributed by atoms with van der Waals surface area (Å²) < 4.78 is 3.41. The number of carbonyl (C=O) groups excluding carboxylic acids is 1. The summed E-state index contributed by atoms with van der Waals surface area (Å²) in [6.07, 6.45) is 4.44. The minimum Gasteiger partial charge on any atom is -0.349 e. The first-order valence-corrected chi connectivity index (χ1v) is 8.76. The highest BCUT2D eigenvalue weighted by Crippen LogP contribution is 2.23. The van der Waals surface area contributed by atoms with E-state index in [0.717, 1.165) is 29.1 Å². The van der Waals surface area contributed by atoms with Gasteiger partial charge in [0.25, 0.3) is 0 Å². The van der Waals surface area contributed by atoms with E-state index in [4.69, 9.17) is 0 Å². The maximum absolute atomic E-state index is 12.2. The summed E-state index contributed by atoms with van der Waals surface area (Å²) >= 11 is 1.19. The van der Waals surface area contributed by atoms with Gasteiger partial charge in [-0.25, -0.2) is 0 Å². The number of aryl methyl sites for hydroxylation is 3. The van der Waals surface area contributed by atoms with E-state index in [0.29, 0.717) is 6.54 Å².